The largest absolute Gasteiger partial charge is 0.497 e. The fourth-order valence-electron chi connectivity index (χ4n) is 4.49. The lowest BCUT2D eigenvalue weighted by Gasteiger charge is -2.23. The van der Waals surface area contributed by atoms with Crippen molar-refractivity contribution in [2.75, 3.05) is 7.11 Å². The van der Waals surface area contributed by atoms with Gasteiger partial charge in [0.2, 0.25) is 0 Å². The first-order valence-corrected chi connectivity index (χ1v) is 12.0. The molecule has 0 saturated carbocycles. The summed E-state index contributed by atoms with van der Waals surface area (Å²) in [7, 11) is 1.69. The van der Waals surface area contributed by atoms with E-state index in [0.717, 1.165) is 22.4 Å². The third kappa shape index (κ3) is 5.08. The second kappa shape index (κ2) is 9.93. The fourth-order valence-corrected chi connectivity index (χ4v) is 4.49. The maximum absolute atomic E-state index is 11.7. The summed E-state index contributed by atoms with van der Waals surface area (Å²) in [6.45, 7) is 7.81. The number of hydrogen-bond acceptors (Lipinski definition) is 3. The molecule has 4 rings (SSSR count). The summed E-state index contributed by atoms with van der Waals surface area (Å²) in [5, 5.41) is 15.7. The molecule has 4 aromatic rings. The summed E-state index contributed by atoms with van der Waals surface area (Å²) >= 11 is 0. The number of fused-ring (bicyclic) bond motifs is 1. The van der Waals surface area contributed by atoms with Crippen molar-refractivity contribution >= 4 is 16.7 Å². The molecule has 35 heavy (non-hydrogen) atoms. The Balaban J connectivity index is 1.69. The molecule has 0 aliphatic carbocycles. The summed E-state index contributed by atoms with van der Waals surface area (Å²) in [4.78, 5) is 11.7. The van der Waals surface area contributed by atoms with Gasteiger partial charge >= 0.3 is 5.97 Å². The molecule has 4 nitrogen and oxygen atoms in total. The number of hydrogen-bond donors (Lipinski definition) is 2. The summed E-state index contributed by atoms with van der Waals surface area (Å²) in [5.41, 5.74) is 4.44. The molecule has 4 heteroatoms. The predicted molar refractivity (Wildman–Crippen MR) is 143 cm³/mol. The molecule has 0 radical (unpaired) electrons. The van der Waals surface area contributed by atoms with Crippen molar-refractivity contribution in [3.05, 3.63) is 102 Å². The molecule has 0 heterocycles. The van der Waals surface area contributed by atoms with Gasteiger partial charge < -0.3 is 15.2 Å². The highest BCUT2D eigenvalue weighted by atomic mass is 16.5. The van der Waals surface area contributed by atoms with Crippen LogP contribution in [0.25, 0.3) is 21.9 Å². The van der Waals surface area contributed by atoms with Crippen LogP contribution < -0.4 is 10.1 Å². The molecule has 2 atom stereocenters. The predicted octanol–water partition coefficient (Wildman–Crippen LogP) is 7.29. The first-order valence-electron chi connectivity index (χ1n) is 12.0. The zero-order chi connectivity index (χ0) is 25.2. The van der Waals surface area contributed by atoms with Crippen LogP contribution in [0.2, 0.25) is 0 Å². The van der Waals surface area contributed by atoms with Gasteiger partial charge in [-0.05, 0) is 90.6 Å². The topological polar surface area (TPSA) is 58.6 Å². The Morgan fingerprint density at radius 3 is 2.23 bits per heavy atom. The third-order valence-corrected chi connectivity index (χ3v) is 6.93. The summed E-state index contributed by atoms with van der Waals surface area (Å²) in [6, 6.07) is 29.2. The van der Waals surface area contributed by atoms with Crippen LogP contribution in [0.3, 0.4) is 0 Å². The molecule has 4 aromatic carbocycles. The van der Waals surface area contributed by atoms with Gasteiger partial charge in [0.1, 0.15) is 5.75 Å². The second-order valence-electron chi connectivity index (χ2n) is 9.68. The number of nitrogens with one attached hydrogen (secondary N) is 1. The zero-order valence-corrected chi connectivity index (χ0v) is 21.0. The van der Waals surface area contributed by atoms with E-state index in [4.69, 9.17) is 4.74 Å². The van der Waals surface area contributed by atoms with Gasteiger partial charge in [-0.3, -0.25) is 4.79 Å². The number of benzene rings is 4. The average molecular weight is 468 g/mol. The molecular formula is C31H33NO3. The maximum atomic E-state index is 11.7. The monoisotopic (exact) mass is 467 g/mol. The number of carboxylic acids is 1. The lowest BCUT2D eigenvalue weighted by atomic mass is 9.83. The first kappa shape index (κ1) is 24.5. The number of carbonyl (C=O) groups is 1. The first-order chi connectivity index (χ1) is 16.7. The van der Waals surface area contributed by atoms with Gasteiger partial charge in [-0.2, -0.15) is 0 Å². The van der Waals surface area contributed by atoms with Gasteiger partial charge in [0.15, 0.2) is 0 Å². The number of carboxylic acid groups (broad SMARTS) is 1. The third-order valence-electron chi connectivity index (χ3n) is 6.93. The van der Waals surface area contributed by atoms with Crippen molar-refractivity contribution < 1.29 is 14.6 Å². The Labute approximate surface area is 207 Å². The highest BCUT2D eigenvalue weighted by Gasteiger charge is 2.29. The van der Waals surface area contributed by atoms with E-state index < -0.39 is 11.4 Å². The summed E-state index contributed by atoms with van der Waals surface area (Å²) in [5.74, 6) is 0.0223. The minimum atomic E-state index is -0.933. The summed E-state index contributed by atoms with van der Waals surface area (Å²) < 4.78 is 5.39. The van der Waals surface area contributed by atoms with Crippen LogP contribution in [-0.4, -0.2) is 18.2 Å². The van der Waals surface area contributed by atoms with Crippen molar-refractivity contribution in [1.29, 1.82) is 0 Å². The molecule has 0 amide bonds. The molecule has 0 saturated heterocycles. The van der Waals surface area contributed by atoms with Crippen LogP contribution in [0.4, 0.5) is 0 Å². The van der Waals surface area contributed by atoms with Crippen LogP contribution in [-0.2, 0) is 10.2 Å². The van der Waals surface area contributed by atoms with Crippen LogP contribution in [0.1, 0.15) is 56.5 Å². The van der Waals surface area contributed by atoms with E-state index in [1.165, 1.54) is 21.9 Å². The van der Waals surface area contributed by atoms with Gasteiger partial charge in [0.25, 0.3) is 0 Å². The average Bonchev–Trinajstić information content (AvgIpc) is 2.88. The molecule has 1 unspecified atom stereocenters. The standard InChI is InChI=1S/C31H33NO3/c1-20(23-10-8-11-27(18-23)35-5)32-21(2)25-17-24-9-6-7-12-28(24)29(19-25)22-13-15-26(16-14-22)31(3,4)30(33)34/h6-21,32H,1-5H3,(H,33,34)/t20-,21?/m1/s1. The Hall–Kier alpha value is -3.63. The number of methoxy groups -OCH3 is 1. The molecule has 2 N–H and O–H groups in total. The SMILES string of the molecule is COc1cccc([C@@H](C)NC(C)c2cc(-c3ccc(C(C)(C)C(=O)O)cc3)c3ccccc3c2)c1. The van der Waals surface area contributed by atoms with Crippen molar-refractivity contribution in [3.63, 3.8) is 0 Å². The van der Waals surface area contributed by atoms with Crippen molar-refractivity contribution in [1.82, 2.24) is 5.32 Å². The van der Waals surface area contributed by atoms with Crippen molar-refractivity contribution in [3.8, 4) is 16.9 Å². The smallest absolute Gasteiger partial charge is 0.313 e. The van der Waals surface area contributed by atoms with E-state index in [2.05, 4.69) is 67.7 Å². The second-order valence-corrected chi connectivity index (χ2v) is 9.68. The highest BCUT2D eigenvalue weighted by Crippen LogP contribution is 2.34. The Bertz CT molecular complexity index is 1340. The molecule has 0 aliphatic rings. The lowest BCUT2D eigenvalue weighted by molar-refractivity contribution is -0.142. The highest BCUT2D eigenvalue weighted by molar-refractivity contribution is 5.97. The van der Waals surface area contributed by atoms with E-state index in [9.17, 15) is 9.90 Å². The Morgan fingerprint density at radius 1 is 0.857 bits per heavy atom. The summed E-state index contributed by atoms with van der Waals surface area (Å²) in [6.07, 6.45) is 0. The van der Waals surface area contributed by atoms with E-state index in [0.29, 0.717) is 0 Å². The minimum Gasteiger partial charge on any atom is -0.497 e. The minimum absolute atomic E-state index is 0.116. The number of aliphatic carboxylic acids is 1. The quantitative estimate of drug-likeness (QED) is 0.286. The molecule has 0 aromatic heterocycles. The zero-order valence-electron chi connectivity index (χ0n) is 21.0. The molecule has 0 aliphatic heterocycles. The Kier molecular flexibility index (Phi) is 6.95. The number of ether oxygens (including phenoxy) is 1. The maximum Gasteiger partial charge on any atom is 0.313 e. The van der Waals surface area contributed by atoms with E-state index in [1.807, 2.05) is 36.4 Å². The van der Waals surface area contributed by atoms with Crippen LogP contribution >= 0.6 is 0 Å². The van der Waals surface area contributed by atoms with Crippen molar-refractivity contribution in [2.45, 2.75) is 45.2 Å². The molecule has 0 bridgehead atoms. The van der Waals surface area contributed by atoms with Crippen LogP contribution in [0, 0.1) is 0 Å². The molecular weight excluding hydrogens is 434 g/mol. The van der Waals surface area contributed by atoms with Gasteiger partial charge in [-0.25, -0.2) is 0 Å². The van der Waals surface area contributed by atoms with Gasteiger partial charge in [-0.1, -0.05) is 60.7 Å². The molecule has 0 fully saturated rings. The van der Waals surface area contributed by atoms with Crippen LogP contribution in [0.15, 0.2) is 84.9 Å². The van der Waals surface area contributed by atoms with E-state index >= 15 is 0 Å². The number of rotatable bonds is 8. The Morgan fingerprint density at radius 2 is 1.54 bits per heavy atom. The fraction of sp³-hybridized carbons (Fsp3) is 0.258. The molecule has 0 spiro atoms. The van der Waals surface area contributed by atoms with Gasteiger partial charge in [-0.15, -0.1) is 0 Å². The molecule has 180 valence electrons. The van der Waals surface area contributed by atoms with Gasteiger partial charge in [0, 0.05) is 12.1 Å². The van der Waals surface area contributed by atoms with Crippen molar-refractivity contribution in [2.24, 2.45) is 0 Å². The van der Waals surface area contributed by atoms with E-state index in [1.54, 1.807) is 21.0 Å². The van der Waals surface area contributed by atoms with Gasteiger partial charge in [0.05, 0.1) is 12.5 Å². The van der Waals surface area contributed by atoms with Crippen LogP contribution in [0.5, 0.6) is 5.75 Å². The normalized spacial score (nSPS) is 13.4. The lowest BCUT2D eigenvalue weighted by Crippen LogP contribution is -2.28. The van der Waals surface area contributed by atoms with E-state index in [-0.39, 0.29) is 12.1 Å².